The van der Waals surface area contributed by atoms with Gasteiger partial charge in [-0.25, -0.2) is 9.37 Å². The van der Waals surface area contributed by atoms with Crippen LogP contribution in [-0.4, -0.2) is 30.5 Å². The van der Waals surface area contributed by atoms with Crippen molar-refractivity contribution in [2.45, 2.75) is 46.6 Å². The standard InChI is InChI=1S/C17H21FN4OS.C5H10/c18-13-4-6-15(7-5-13)22(16(23)10-19)11-14-12-24-17(20-14)21-8-2-1-3-9-21;1-4-5(2)3/h4-7,12H,1-3,8-11,19H2;4H,1-3H3. The number of piperidine rings is 1. The van der Waals surface area contributed by atoms with Crippen LogP contribution < -0.4 is 15.5 Å². The molecule has 1 fully saturated rings. The summed E-state index contributed by atoms with van der Waals surface area (Å²) in [6, 6.07) is 5.85. The van der Waals surface area contributed by atoms with Gasteiger partial charge in [-0.15, -0.1) is 11.3 Å². The summed E-state index contributed by atoms with van der Waals surface area (Å²) in [5.41, 5.74) is 8.35. The SMILES string of the molecule is CC=C(C)C.NCC(=O)N(Cc1csc(N2CCCCC2)n1)c1ccc(F)cc1. The molecule has 0 saturated carbocycles. The van der Waals surface area contributed by atoms with E-state index in [0.717, 1.165) is 23.9 Å². The maximum Gasteiger partial charge on any atom is 0.241 e. The van der Waals surface area contributed by atoms with Crippen LogP contribution in [0.2, 0.25) is 0 Å². The number of allylic oxidation sites excluding steroid dienone is 2. The fourth-order valence-corrected chi connectivity index (χ4v) is 3.69. The zero-order valence-corrected chi connectivity index (χ0v) is 18.3. The van der Waals surface area contributed by atoms with Gasteiger partial charge in [-0.2, -0.15) is 0 Å². The van der Waals surface area contributed by atoms with Crippen molar-refractivity contribution in [3.05, 3.63) is 52.8 Å². The van der Waals surface area contributed by atoms with Gasteiger partial charge in [-0.3, -0.25) is 4.79 Å². The summed E-state index contributed by atoms with van der Waals surface area (Å²) in [5, 5.41) is 2.98. The second-order valence-corrected chi connectivity index (χ2v) is 8.03. The van der Waals surface area contributed by atoms with E-state index in [1.54, 1.807) is 28.4 Å². The molecule has 0 spiro atoms. The number of benzene rings is 1. The fraction of sp³-hybridized carbons (Fsp3) is 0.455. The monoisotopic (exact) mass is 418 g/mol. The molecule has 0 radical (unpaired) electrons. The van der Waals surface area contributed by atoms with Crippen molar-refractivity contribution in [2.24, 2.45) is 5.73 Å². The molecule has 0 atom stereocenters. The number of anilines is 2. The highest BCUT2D eigenvalue weighted by atomic mass is 32.1. The Labute approximate surface area is 177 Å². The Morgan fingerprint density at radius 1 is 1.24 bits per heavy atom. The molecule has 1 amide bonds. The van der Waals surface area contributed by atoms with Crippen LogP contribution in [0.5, 0.6) is 0 Å². The number of rotatable bonds is 5. The van der Waals surface area contributed by atoms with Crippen molar-refractivity contribution >= 4 is 28.1 Å². The molecule has 29 heavy (non-hydrogen) atoms. The summed E-state index contributed by atoms with van der Waals surface area (Å²) in [6.45, 7) is 8.52. The van der Waals surface area contributed by atoms with E-state index < -0.39 is 0 Å². The first-order valence-electron chi connectivity index (χ1n) is 9.99. The van der Waals surface area contributed by atoms with E-state index in [1.165, 1.54) is 37.0 Å². The van der Waals surface area contributed by atoms with Gasteiger partial charge in [0.2, 0.25) is 5.91 Å². The molecule has 0 bridgehead atoms. The smallest absolute Gasteiger partial charge is 0.241 e. The zero-order valence-electron chi connectivity index (χ0n) is 17.5. The number of nitrogens with zero attached hydrogens (tertiary/aromatic N) is 3. The van der Waals surface area contributed by atoms with Gasteiger partial charge in [0, 0.05) is 24.2 Å². The normalized spacial score (nSPS) is 13.3. The number of aromatic nitrogens is 1. The van der Waals surface area contributed by atoms with E-state index in [2.05, 4.69) is 29.8 Å². The quantitative estimate of drug-likeness (QED) is 0.713. The molecule has 1 saturated heterocycles. The highest BCUT2D eigenvalue weighted by Crippen LogP contribution is 2.26. The van der Waals surface area contributed by atoms with Gasteiger partial charge < -0.3 is 15.5 Å². The van der Waals surface area contributed by atoms with Gasteiger partial charge in [0.1, 0.15) is 5.82 Å². The number of amides is 1. The van der Waals surface area contributed by atoms with Crippen LogP contribution in [0.15, 0.2) is 41.3 Å². The molecular weight excluding hydrogens is 387 g/mol. The summed E-state index contributed by atoms with van der Waals surface area (Å²) in [6.07, 6.45) is 5.75. The van der Waals surface area contributed by atoms with Crippen LogP contribution in [0.4, 0.5) is 15.2 Å². The molecule has 1 aromatic carbocycles. The Morgan fingerprint density at radius 2 is 1.86 bits per heavy atom. The third kappa shape index (κ3) is 7.25. The zero-order chi connectivity index (χ0) is 21.2. The van der Waals surface area contributed by atoms with Gasteiger partial charge in [0.05, 0.1) is 18.8 Å². The number of carbonyl (C=O) groups excluding carboxylic acids is 1. The Hall–Kier alpha value is -2.25. The number of nitrogens with two attached hydrogens (primary N) is 1. The predicted molar refractivity (Wildman–Crippen MR) is 120 cm³/mol. The summed E-state index contributed by atoms with van der Waals surface area (Å²) < 4.78 is 13.1. The Balaban J connectivity index is 0.000000537. The molecule has 1 aliphatic heterocycles. The van der Waals surface area contributed by atoms with Crippen molar-refractivity contribution in [2.75, 3.05) is 29.4 Å². The first-order chi connectivity index (χ1) is 13.9. The lowest BCUT2D eigenvalue weighted by Gasteiger charge is -2.26. The van der Waals surface area contributed by atoms with Crippen molar-refractivity contribution in [1.82, 2.24) is 4.98 Å². The molecule has 2 aromatic rings. The molecular formula is C22H31FN4OS. The van der Waals surface area contributed by atoms with E-state index in [0.29, 0.717) is 12.2 Å². The summed E-state index contributed by atoms with van der Waals surface area (Å²) in [5.74, 6) is -0.547. The van der Waals surface area contributed by atoms with Crippen molar-refractivity contribution in [1.29, 1.82) is 0 Å². The second-order valence-electron chi connectivity index (χ2n) is 7.20. The van der Waals surface area contributed by atoms with E-state index in [4.69, 9.17) is 5.73 Å². The molecule has 1 aromatic heterocycles. The highest BCUT2D eigenvalue weighted by Gasteiger charge is 2.19. The molecule has 1 aliphatic rings. The van der Waals surface area contributed by atoms with Crippen LogP contribution >= 0.6 is 11.3 Å². The number of hydrogen-bond acceptors (Lipinski definition) is 5. The Morgan fingerprint density at radius 3 is 2.41 bits per heavy atom. The average Bonchev–Trinajstić information content (AvgIpc) is 3.22. The second kappa shape index (κ2) is 11.7. The number of thiazole rings is 1. The van der Waals surface area contributed by atoms with Gasteiger partial charge in [-0.1, -0.05) is 11.6 Å². The van der Waals surface area contributed by atoms with Gasteiger partial charge in [0.25, 0.3) is 0 Å². The summed E-state index contributed by atoms with van der Waals surface area (Å²) in [7, 11) is 0. The first kappa shape index (κ1) is 23.0. The van der Waals surface area contributed by atoms with Crippen molar-refractivity contribution < 1.29 is 9.18 Å². The van der Waals surface area contributed by atoms with Gasteiger partial charge in [0.15, 0.2) is 5.13 Å². The van der Waals surface area contributed by atoms with Crippen LogP contribution in [0.3, 0.4) is 0 Å². The molecule has 2 heterocycles. The fourth-order valence-electron chi connectivity index (χ4n) is 2.82. The van der Waals surface area contributed by atoms with E-state index in [1.807, 2.05) is 12.3 Å². The molecule has 0 unspecified atom stereocenters. The molecule has 7 heteroatoms. The van der Waals surface area contributed by atoms with Gasteiger partial charge >= 0.3 is 0 Å². The highest BCUT2D eigenvalue weighted by molar-refractivity contribution is 7.13. The van der Waals surface area contributed by atoms with E-state index >= 15 is 0 Å². The molecule has 5 nitrogen and oxygen atoms in total. The maximum atomic E-state index is 13.1. The van der Waals surface area contributed by atoms with Crippen LogP contribution in [0.25, 0.3) is 0 Å². The Kier molecular flexibility index (Phi) is 9.28. The lowest BCUT2D eigenvalue weighted by atomic mass is 10.1. The first-order valence-corrected chi connectivity index (χ1v) is 10.9. The van der Waals surface area contributed by atoms with Crippen LogP contribution in [0.1, 0.15) is 45.7 Å². The third-order valence-electron chi connectivity index (χ3n) is 4.68. The molecule has 158 valence electrons. The van der Waals surface area contributed by atoms with Crippen LogP contribution in [-0.2, 0) is 11.3 Å². The van der Waals surface area contributed by atoms with Crippen LogP contribution in [0, 0.1) is 5.82 Å². The Bertz CT molecular complexity index is 793. The summed E-state index contributed by atoms with van der Waals surface area (Å²) >= 11 is 1.60. The summed E-state index contributed by atoms with van der Waals surface area (Å²) in [4.78, 5) is 20.7. The number of halogens is 1. The topological polar surface area (TPSA) is 62.5 Å². The lowest BCUT2D eigenvalue weighted by Crippen LogP contribution is -2.35. The van der Waals surface area contributed by atoms with E-state index in [9.17, 15) is 9.18 Å². The van der Waals surface area contributed by atoms with Crippen molar-refractivity contribution in [3.8, 4) is 0 Å². The van der Waals surface area contributed by atoms with Crippen molar-refractivity contribution in [3.63, 3.8) is 0 Å². The van der Waals surface area contributed by atoms with E-state index in [-0.39, 0.29) is 18.3 Å². The number of hydrogen-bond donors (Lipinski definition) is 1. The minimum Gasteiger partial charge on any atom is -0.348 e. The minimum absolute atomic E-state index is 0.0967. The molecule has 2 N–H and O–H groups in total. The molecule has 3 rings (SSSR count). The molecule has 0 aliphatic carbocycles. The van der Waals surface area contributed by atoms with Gasteiger partial charge in [-0.05, 0) is 64.3 Å². The third-order valence-corrected chi connectivity index (χ3v) is 5.63. The largest absolute Gasteiger partial charge is 0.348 e. The lowest BCUT2D eigenvalue weighted by molar-refractivity contribution is -0.117. The minimum atomic E-state index is -0.333. The predicted octanol–water partition coefficient (Wildman–Crippen LogP) is 4.74. The maximum absolute atomic E-state index is 13.1. The number of carbonyl (C=O) groups is 1. The average molecular weight is 419 g/mol.